The Kier molecular flexibility index (Phi) is 4.37. The number of ether oxygens (including phenoxy) is 1. The number of tetrazole rings is 1. The lowest BCUT2D eigenvalue weighted by atomic mass is 10.1. The van der Waals surface area contributed by atoms with E-state index in [2.05, 4.69) is 46.1 Å². The summed E-state index contributed by atoms with van der Waals surface area (Å²) in [7, 11) is 0. The van der Waals surface area contributed by atoms with Crippen LogP contribution in [0.3, 0.4) is 0 Å². The van der Waals surface area contributed by atoms with Crippen LogP contribution in [0.25, 0.3) is 0 Å². The van der Waals surface area contributed by atoms with Gasteiger partial charge in [0.2, 0.25) is 0 Å². The van der Waals surface area contributed by atoms with Crippen LogP contribution in [0, 0.1) is 6.92 Å². The average molecular weight is 310 g/mol. The highest BCUT2D eigenvalue weighted by atomic mass is 16.5. The smallest absolute Gasteiger partial charge is 0.260 e. The van der Waals surface area contributed by atoms with Gasteiger partial charge >= 0.3 is 0 Å². The number of hydrogen-bond donors (Lipinski definition) is 2. The van der Waals surface area contributed by atoms with Crippen LogP contribution in [0.15, 0.2) is 48.5 Å². The maximum atomic E-state index is 5.85. The fraction of sp³-hybridized carbons (Fsp3) is 0.188. The van der Waals surface area contributed by atoms with Gasteiger partial charge in [-0.1, -0.05) is 47.1 Å². The molecule has 0 amide bonds. The minimum Gasteiger partial charge on any atom is -0.489 e. The third-order valence-corrected chi connectivity index (χ3v) is 3.31. The predicted molar refractivity (Wildman–Crippen MR) is 87.2 cm³/mol. The van der Waals surface area contributed by atoms with Crippen LogP contribution >= 0.6 is 0 Å². The first-order chi connectivity index (χ1) is 11.2. The van der Waals surface area contributed by atoms with Crippen molar-refractivity contribution in [2.45, 2.75) is 20.1 Å². The normalized spacial score (nSPS) is 10.5. The average Bonchev–Trinajstić information content (AvgIpc) is 2.97. The van der Waals surface area contributed by atoms with Gasteiger partial charge in [-0.2, -0.15) is 0 Å². The number of benzene rings is 2. The molecule has 3 N–H and O–H groups in total. The highest BCUT2D eigenvalue weighted by Crippen LogP contribution is 2.16. The third kappa shape index (κ3) is 3.97. The Morgan fingerprint density at radius 1 is 1.13 bits per heavy atom. The number of nitrogens with one attached hydrogen (secondary N) is 1. The highest BCUT2D eigenvalue weighted by Gasteiger charge is 2.02. The van der Waals surface area contributed by atoms with Gasteiger partial charge in [0, 0.05) is 0 Å². The summed E-state index contributed by atoms with van der Waals surface area (Å²) in [6.45, 7) is 3.15. The van der Waals surface area contributed by atoms with Crippen molar-refractivity contribution in [3.63, 3.8) is 0 Å². The van der Waals surface area contributed by atoms with E-state index in [4.69, 9.17) is 10.5 Å². The lowest BCUT2D eigenvalue weighted by Crippen LogP contribution is -2.18. The van der Waals surface area contributed by atoms with E-state index in [-0.39, 0.29) is 5.95 Å². The molecule has 0 bridgehead atoms. The number of anilines is 1. The van der Waals surface area contributed by atoms with E-state index in [9.17, 15) is 0 Å². The quantitative estimate of drug-likeness (QED) is 0.722. The summed E-state index contributed by atoms with van der Waals surface area (Å²) >= 11 is 0. The third-order valence-electron chi connectivity index (χ3n) is 3.31. The minimum absolute atomic E-state index is 0.219. The van der Waals surface area contributed by atoms with Gasteiger partial charge in [0.1, 0.15) is 12.4 Å². The molecule has 0 spiro atoms. The molecule has 0 saturated carbocycles. The van der Waals surface area contributed by atoms with Crippen molar-refractivity contribution >= 4 is 5.95 Å². The molecule has 2 aromatic carbocycles. The van der Waals surface area contributed by atoms with E-state index in [1.807, 2.05) is 30.3 Å². The number of aromatic nitrogens is 4. The van der Waals surface area contributed by atoms with Crippen LogP contribution in [0.4, 0.5) is 5.95 Å². The molecule has 3 aromatic rings. The molecule has 1 heterocycles. The van der Waals surface area contributed by atoms with Gasteiger partial charge in [-0.25, -0.2) is 0 Å². The molecule has 7 heteroatoms. The summed E-state index contributed by atoms with van der Waals surface area (Å²) in [5.41, 5.74) is 12.0. The van der Waals surface area contributed by atoms with Crippen molar-refractivity contribution in [2.24, 2.45) is 0 Å². The van der Waals surface area contributed by atoms with Crippen molar-refractivity contribution in [1.29, 1.82) is 0 Å². The van der Waals surface area contributed by atoms with Crippen molar-refractivity contribution in [2.75, 3.05) is 11.2 Å². The molecule has 0 atom stereocenters. The molecule has 0 saturated heterocycles. The SMILES string of the molecule is Cc1cccc(COc2cccc(CNn3nnnc3N)c2)c1. The molecule has 7 nitrogen and oxygen atoms in total. The standard InChI is InChI=1S/C16H18N6O/c1-12-4-2-6-14(8-12)11-23-15-7-3-5-13(9-15)10-18-22-16(17)19-20-21-22/h2-9,18H,10-11H2,1H3,(H2,17,19,21). The van der Waals surface area contributed by atoms with Crippen LogP contribution in [-0.4, -0.2) is 20.3 Å². The molecule has 0 aliphatic heterocycles. The van der Waals surface area contributed by atoms with E-state index in [0.29, 0.717) is 13.2 Å². The largest absolute Gasteiger partial charge is 0.489 e. The van der Waals surface area contributed by atoms with Crippen molar-refractivity contribution in [3.05, 3.63) is 65.2 Å². The molecule has 0 aliphatic rings. The summed E-state index contributed by atoms with van der Waals surface area (Å²) in [5.74, 6) is 1.03. The predicted octanol–water partition coefficient (Wildman–Crippen LogP) is 1.89. The lowest BCUT2D eigenvalue weighted by molar-refractivity contribution is 0.306. The fourth-order valence-electron chi connectivity index (χ4n) is 2.19. The summed E-state index contributed by atoms with van der Waals surface area (Å²) in [4.78, 5) is 1.33. The van der Waals surface area contributed by atoms with Crippen molar-refractivity contribution in [3.8, 4) is 5.75 Å². The van der Waals surface area contributed by atoms with Crippen LogP contribution in [-0.2, 0) is 13.2 Å². The number of nitrogen functional groups attached to an aromatic ring is 1. The van der Waals surface area contributed by atoms with Gasteiger partial charge in [0.15, 0.2) is 0 Å². The zero-order chi connectivity index (χ0) is 16.1. The van der Waals surface area contributed by atoms with Gasteiger partial charge in [-0.15, -0.1) is 4.79 Å². The molecule has 118 valence electrons. The minimum atomic E-state index is 0.219. The van der Waals surface area contributed by atoms with E-state index in [1.54, 1.807) is 0 Å². The number of nitrogens with zero attached hydrogens (tertiary/aromatic N) is 4. The Hall–Kier alpha value is -3.09. The van der Waals surface area contributed by atoms with Gasteiger partial charge in [0.25, 0.3) is 5.95 Å². The number of rotatable bonds is 6. The second-order valence-electron chi connectivity index (χ2n) is 5.21. The Balaban J connectivity index is 1.60. The maximum absolute atomic E-state index is 5.85. The Morgan fingerprint density at radius 3 is 2.74 bits per heavy atom. The highest BCUT2D eigenvalue weighted by molar-refractivity contribution is 5.30. The molecule has 0 radical (unpaired) electrons. The Morgan fingerprint density at radius 2 is 1.96 bits per heavy atom. The van der Waals surface area contributed by atoms with E-state index in [0.717, 1.165) is 16.9 Å². The van der Waals surface area contributed by atoms with Crippen molar-refractivity contribution in [1.82, 2.24) is 20.3 Å². The lowest BCUT2D eigenvalue weighted by Gasteiger charge is -2.10. The summed E-state index contributed by atoms with van der Waals surface area (Å²) in [5, 5.41) is 10.8. The van der Waals surface area contributed by atoms with Crippen LogP contribution < -0.4 is 15.9 Å². The van der Waals surface area contributed by atoms with Crippen molar-refractivity contribution < 1.29 is 4.74 Å². The maximum Gasteiger partial charge on any atom is 0.260 e. The second-order valence-corrected chi connectivity index (χ2v) is 5.21. The molecular weight excluding hydrogens is 292 g/mol. The van der Waals surface area contributed by atoms with Gasteiger partial charge in [-0.05, 0) is 40.6 Å². The first-order valence-electron chi connectivity index (χ1n) is 7.26. The molecule has 0 aliphatic carbocycles. The molecule has 3 rings (SSSR count). The summed E-state index contributed by atoms with van der Waals surface area (Å²) in [6, 6.07) is 16.1. The molecule has 0 fully saturated rings. The number of hydrogen-bond acceptors (Lipinski definition) is 6. The summed E-state index contributed by atoms with van der Waals surface area (Å²) in [6.07, 6.45) is 0. The van der Waals surface area contributed by atoms with Crippen LogP contribution in [0.5, 0.6) is 5.75 Å². The first-order valence-corrected chi connectivity index (χ1v) is 7.26. The monoisotopic (exact) mass is 310 g/mol. The molecule has 23 heavy (non-hydrogen) atoms. The molecule has 1 aromatic heterocycles. The summed E-state index contributed by atoms with van der Waals surface area (Å²) < 4.78 is 5.85. The van der Waals surface area contributed by atoms with Gasteiger partial charge < -0.3 is 15.9 Å². The topological polar surface area (TPSA) is 90.9 Å². The first kappa shape index (κ1) is 14.8. The van der Waals surface area contributed by atoms with Gasteiger partial charge in [-0.3, -0.25) is 0 Å². The Bertz CT molecular complexity index is 786. The van der Waals surface area contributed by atoms with E-state index >= 15 is 0 Å². The van der Waals surface area contributed by atoms with E-state index in [1.165, 1.54) is 10.4 Å². The van der Waals surface area contributed by atoms with Crippen LogP contribution in [0.1, 0.15) is 16.7 Å². The number of aryl methyl sites for hydroxylation is 1. The van der Waals surface area contributed by atoms with E-state index < -0.39 is 0 Å². The zero-order valence-corrected chi connectivity index (χ0v) is 12.8. The van der Waals surface area contributed by atoms with Crippen LogP contribution in [0.2, 0.25) is 0 Å². The van der Waals surface area contributed by atoms with Gasteiger partial charge in [0.05, 0.1) is 6.54 Å². The number of nitrogens with two attached hydrogens (primary N) is 1. The molecular formula is C16H18N6O. The molecule has 0 unspecified atom stereocenters. The Labute approximate surface area is 134 Å². The fourth-order valence-corrected chi connectivity index (χ4v) is 2.19. The zero-order valence-electron chi connectivity index (χ0n) is 12.8. The second kappa shape index (κ2) is 6.78.